The SMILES string of the molecule is Nc1oncc1-c1ccc2c(Cl)c[nH]c2c1. The third-order valence-electron chi connectivity index (χ3n) is 2.54. The molecule has 0 aliphatic rings. The van der Waals surface area contributed by atoms with Crippen molar-refractivity contribution in [1.29, 1.82) is 0 Å². The molecule has 2 aromatic heterocycles. The lowest BCUT2D eigenvalue weighted by molar-refractivity contribution is 0.436. The second-order valence-electron chi connectivity index (χ2n) is 3.50. The van der Waals surface area contributed by atoms with Crippen LogP contribution in [0.4, 0.5) is 5.88 Å². The van der Waals surface area contributed by atoms with Crippen LogP contribution < -0.4 is 5.73 Å². The first-order valence-corrected chi connectivity index (χ1v) is 5.10. The quantitative estimate of drug-likeness (QED) is 0.679. The van der Waals surface area contributed by atoms with Gasteiger partial charge in [0, 0.05) is 17.1 Å². The molecule has 0 saturated carbocycles. The van der Waals surface area contributed by atoms with Gasteiger partial charge in [0.25, 0.3) is 0 Å². The van der Waals surface area contributed by atoms with Gasteiger partial charge in [0.15, 0.2) is 0 Å². The van der Waals surface area contributed by atoms with Crippen molar-refractivity contribution >= 4 is 28.4 Å². The third kappa shape index (κ3) is 1.27. The summed E-state index contributed by atoms with van der Waals surface area (Å²) in [4.78, 5) is 3.09. The van der Waals surface area contributed by atoms with Crippen molar-refractivity contribution < 1.29 is 4.52 Å². The molecule has 2 heterocycles. The second kappa shape index (κ2) is 3.28. The van der Waals surface area contributed by atoms with Crippen LogP contribution >= 0.6 is 11.6 Å². The highest BCUT2D eigenvalue weighted by atomic mass is 35.5. The maximum absolute atomic E-state index is 5.99. The van der Waals surface area contributed by atoms with E-state index in [4.69, 9.17) is 21.9 Å². The number of nitrogens with one attached hydrogen (secondary N) is 1. The van der Waals surface area contributed by atoms with Gasteiger partial charge < -0.3 is 15.2 Å². The molecule has 16 heavy (non-hydrogen) atoms. The monoisotopic (exact) mass is 233 g/mol. The first-order chi connectivity index (χ1) is 7.75. The lowest BCUT2D eigenvalue weighted by Crippen LogP contribution is -1.84. The molecule has 0 bridgehead atoms. The molecule has 0 fully saturated rings. The van der Waals surface area contributed by atoms with Gasteiger partial charge in [0.2, 0.25) is 5.88 Å². The van der Waals surface area contributed by atoms with Crippen molar-refractivity contribution in [3.63, 3.8) is 0 Å². The van der Waals surface area contributed by atoms with Gasteiger partial charge in [0.1, 0.15) is 0 Å². The molecule has 0 spiro atoms. The van der Waals surface area contributed by atoms with Gasteiger partial charge in [-0.15, -0.1) is 0 Å². The number of aromatic amines is 1. The van der Waals surface area contributed by atoms with E-state index in [0.717, 1.165) is 22.0 Å². The Kier molecular flexibility index (Phi) is 1.91. The summed E-state index contributed by atoms with van der Waals surface area (Å²) in [5, 5.41) is 5.34. The molecular weight excluding hydrogens is 226 g/mol. The third-order valence-corrected chi connectivity index (χ3v) is 2.85. The molecule has 3 rings (SSSR count). The molecule has 1 aromatic carbocycles. The number of halogens is 1. The van der Waals surface area contributed by atoms with Crippen LogP contribution in [0, 0.1) is 0 Å². The van der Waals surface area contributed by atoms with Crippen LogP contribution in [0.1, 0.15) is 0 Å². The first kappa shape index (κ1) is 9.30. The summed E-state index contributed by atoms with van der Waals surface area (Å²) >= 11 is 5.99. The van der Waals surface area contributed by atoms with Gasteiger partial charge in [-0.2, -0.15) is 0 Å². The van der Waals surface area contributed by atoms with Crippen molar-refractivity contribution in [2.24, 2.45) is 0 Å². The predicted octanol–water partition coefficient (Wildman–Crippen LogP) is 3.06. The van der Waals surface area contributed by atoms with E-state index < -0.39 is 0 Å². The zero-order chi connectivity index (χ0) is 11.1. The Morgan fingerprint density at radius 3 is 3.00 bits per heavy atom. The molecule has 0 aliphatic heterocycles. The number of rotatable bonds is 1. The number of nitrogen functional groups attached to an aromatic ring is 1. The van der Waals surface area contributed by atoms with E-state index in [2.05, 4.69) is 10.1 Å². The minimum Gasteiger partial charge on any atom is -0.367 e. The smallest absolute Gasteiger partial charge is 0.229 e. The van der Waals surface area contributed by atoms with Crippen LogP contribution in [0.15, 0.2) is 35.1 Å². The summed E-state index contributed by atoms with van der Waals surface area (Å²) in [7, 11) is 0. The Bertz CT molecular complexity index is 656. The highest BCUT2D eigenvalue weighted by Crippen LogP contribution is 2.30. The molecule has 0 atom stereocenters. The standard InChI is InChI=1S/C11H8ClN3O/c12-9-5-14-10-3-6(1-2-7(9)10)8-4-15-16-11(8)13/h1-5,14H,13H2. The number of H-pyrrole nitrogens is 1. The van der Waals surface area contributed by atoms with E-state index in [1.807, 2.05) is 18.2 Å². The molecule has 5 heteroatoms. The number of anilines is 1. The van der Waals surface area contributed by atoms with Crippen molar-refractivity contribution in [3.05, 3.63) is 35.6 Å². The Labute approximate surface area is 96.0 Å². The van der Waals surface area contributed by atoms with Crippen LogP contribution in [0.5, 0.6) is 0 Å². The van der Waals surface area contributed by atoms with Gasteiger partial charge in [-0.1, -0.05) is 28.9 Å². The molecule has 80 valence electrons. The fraction of sp³-hybridized carbons (Fsp3) is 0. The number of nitrogens with two attached hydrogens (primary N) is 1. The van der Waals surface area contributed by atoms with Gasteiger partial charge in [-0.05, 0) is 11.6 Å². The first-order valence-electron chi connectivity index (χ1n) is 4.73. The molecule has 0 saturated heterocycles. The highest BCUT2D eigenvalue weighted by Gasteiger charge is 2.09. The molecule has 3 aromatic rings. The predicted molar refractivity (Wildman–Crippen MR) is 63.2 cm³/mol. The molecule has 4 nitrogen and oxygen atoms in total. The van der Waals surface area contributed by atoms with Gasteiger partial charge in [-0.3, -0.25) is 0 Å². The number of fused-ring (bicyclic) bond motifs is 1. The fourth-order valence-electron chi connectivity index (χ4n) is 1.72. The van der Waals surface area contributed by atoms with Gasteiger partial charge in [0.05, 0.1) is 16.8 Å². The largest absolute Gasteiger partial charge is 0.367 e. The van der Waals surface area contributed by atoms with E-state index in [0.29, 0.717) is 10.9 Å². The maximum atomic E-state index is 5.99. The van der Waals surface area contributed by atoms with E-state index in [1.165, 1.54) is 0 Å². The second-order valence-corrected chi connectivity index (χ2v) is 3.91. The number of hydrogen-bond donors (Lipinski definition) is 2. The Morgan fingerprint density at radius 1 is 1.38 bits per heavy atom. The van der Waals surface area contributed by atoms with Crippen LogP contribution in [0.2, 0.25) is 5.02 Å². The average Bonchev–Trinajstić information content (AvgIpc) is 2.86. The Morgan fingerprint density at radius 2 is 2.25 bits per heavy atom. The maximum Gasteiger partial charge on any atom is 0.229 e. The normalized spacial score (nSPS) is 11.1. The van der Waals surface area contributed by atoms with E-state index in [-0.39, 0.29) is 0 Å². The molecule has 0 aliphatic carbocycles. The molecule has 3 N–H and O–H groups in total. The number of benzene rings is 1. The molecule has 0 unspecified atom stereocenters. The van der Waals surface area contributed by atoms with Crippen molar-refractivity contribution in [1.82, 2.24) is 10.1 Å². The zero-order valence-electron chi connectivity index (χ0n) is 8.20. The van der Waals surface area contributed by atoms with Crippen LogP contribution in [-0.2, 0) is 0 Å². The summed E-state index contributed by atoms with van der Waals surface area (Å²) in [5.41, 5.74) is 8.35. The summed E-state index contributed by atoms with van der Waals surface area (Å²) < 4.78 is 4.83. The lowest BCUT2D eigenvalue weighted by Gasteiger charge is -1.98. The van der Waals surface area contributed by atoms with Gasteiger partial charge in [-0.25, -0.2) is 0 Å². The summed E-state index contributed by atoms with van der Waals surface area (Å²) in [6, 6.07) is 5.84. The van der Waals surface area contributed by atoms with Crippen LogP contribution in [-0.4, -0.2) is 10.1 Å². The number of hydrogen-bond acceptors (Lipinski definition) is 3. The topological polar surface area (TPSA) is 67.8 Å². The van der Waals surface area contributed by atoms with E-state index in [9.17, 15) is 0 Å². The summed E-state index contributed by atoms with van der Waals surface area (Å²) in [6.07, 6.45) is 3.36. The molecular formula is C11H8ClN3O. The number of aromatic nitrogens is 2. The minimum absolute atomic E-state index is 0.317. The van der Waals surface area contributed by atoms with Gasteiger partial charge >= 0.3 is 0 Å². The summed E-state index contributed by atoms with van der Waals surface area (Å²) in [5.74, 6) is 0.317. The fourth-order valence-corrected chi connectivity index (χ4v) is 1.94. The Hall–Kier alpha value is -1.94. The molecule has 0 amide bonds. The van der Waals surface area contributed by atoms with Crippen molar-refractivity contribution in [2.45, 2.75) is 0 Å². The van der Waals surface area contributed by atoms with E-state index >= 15 is 0 Å². The van der Waals surface area contributed by atoms with Crippen LogP contribution in [0.3, 0.4) is 0 Å². The Balaban J connectivity index is 2.23. The minimum atomic E-state index is 0.317. The average molecular weight is 234 g/mol. The van der Waals surface area contributed by atoms with Crippen molar-refractivity contribution in [2.75, 3.05) is 5.73 Å². The van der Waals surface area contributed by atoms with Crippen LogP contribution in [0.25, 0.3) is 22.0 Å². The zero-order valence-corrected chi connectivity index (χ0v) is 8.95. The van der Waals surface area contributed by atoms with Crippen molar-refractivity contribution in [3.8, 4) is 11.1 Å². The number of nitrogens with zero attached hydrogens (tertiary/aromatic N) is 1. The molecule has 0 radical (unpaired) electrons. The summed E-state index contributed by atoms with van der Waals surface area (Å²) in [6.45, 7) is 0. The lowest BCUT2D eigenvalue weighted by atomic mass is 10.1. The van der Waals surface area contributed by atoms with E-state index in [1.54, 1.807) is 12.4 Å². The highest BCUT2D eigenvalue weighted by molar-refractivity contribution is 6.35.